The van der Waals surface area contributed by atoms with Crippen molar-refractivity contribution in [3.8, 4) is 0 Å². The Morgan fingerprint density at radius 3 is 2.09 bits per heavy atom. The Labute approximate surface area is 69.8 Å². The fourth-order valence-corrected chi connectivity index (χ4v) is 1.46. The van der Waals surface area contributed by atoms with Crippen LogP contribution in [0.25, 0.3) is 0 Å². The number of rotatable bonds is 5. The van der Waals surface area contributed by atoms with E-state index >= 15 is 0 Å². The molecule has 2 unspecified atom stereocenters. The van der Waals surface area contributed by atoms with E-state index in [1.807, 2.05) is 0 Å². The van der Waals surface area contributed by atoms with E-state index in [4.69, 9.17) is 5.73 Å². The van der Waals surface area contributed by atoms with E-state index in [-0.39, 0.29) is 6.10 Å². The normalized spacial score (nSPS) is 16.9. The van der Waals surface area contributed by atoms with E-state index in [0.29, 0.717) is 12.5 Å². The van der Waals surface area contributed by atoms with E-state index in [0.717, 1.165) is 12.3 Å². The maximum atomic E-state index is 9.22. The summed E-state index contributed by atoms with van der Waals surface area (Å²) in [6.07, 6.45) is 1.72. The zero-order chi connectivity index (χ0) is 8.85. The van der Waals surface area contributed by atoms with Gasteiger partial charge in [0.1, 0.15) is 0 Å². The molecule has 0 saturated heterocycles. The molecule has 0 aliphatic rings. The van der Waals surface area contributed by atoms with E-state index < -0.39 is 0 Å². The molecule has 0 aromatic rings. The summed E-state index contributed by atoms with van der Waals surface area (Å²) in [5.41, 5.74) is 5.30. The highest BCUT2D eigenvalue weighted by Gasteiger charge is 2.09. The van der Waals surface area contributed by atoms with Gasteiger partial charge in [-0.3, -0.25) is 0 Å². The summed E-state index contributed by atoms with van der Waals surface area (Å²) in [5, 5.41) is 9.22. The molecule has 3 N–H and O–H groups in total. The molecule has 0 heterocycles. The summed E-state index contributed by atoms with van der Waals surface area (Å²) < 4.78 is 0. The smallest absolute Gasteiger partial charge is 0.0665 e. The first-order chi connectivity index (χ1) is 5.06. The van der Waals surface area contributed by atoms with Crippen molar-refractivity contribution in [1.29, 1.82) is 0 Å². The molecular weight excluding hydrogens is 138 g/mol. The number of aliphatic hydroxyl groups excluding tert-OH is 1. The van der Waals surface area contributed by atoms with Crippen LogP contribution in [0.2, 0.25) is 0 Å². The Balaban J connectivity index is 3.43. The van der Waals surface area contributed by atoms with E-state index in [2.05, 4.69) is 20.8 Å². The van der Waals surface area contributed by atoms with Crippen LogP contribution in [0.15, 0.2) is 0 Å². The summed E-state index contributed by atoms with van der Waals surface area (Å²) in [6, 6.07) is 0. The Hall–Kier alpha value is -0.0800. The van der Waals surface area contributed by atoms with E-state index in [1.165, 1.54) is 6.42 Å². The lowest BCUT2D eigenvalue weighted by atomic mass is 9.94. The van der Waals surface area contributed by atoms with Crippen LogP contribution in [-0.4, -0.2) is 17.8 Å². The van der Waals surface area contributed by atoms with Crippen LogP contribution in [-0.2, 0) is 0 Å². The molecule has 0 bridgehead atoms. The van der Waals surface area contributed by atoms with Crippen molar-refractivity contribution in [2.45, 2.75) is 39.7 Å². The van der Waals surface area contributed by atoms with Gasteiger partial charge in [-0.15, -0.1) is 0 Å². The molecule has 2 atom stereocenters. The standard InChI is InChI=1S/C9H21NO/c1-7(2)4-8(3)5-9(11)6-10/h7-9,11H,4-6,10H2,1-3H3. The molecule has 0 fully saturated rings. The van der Waals surface area contributed by atoms with Gasteiger partial charge in [0.25, 0.3) is 0 Å². The first-order valence-corrected chi connectivity index (χ1v) is 4.44. The predicted molar refractivity (Wildman–Crippen MR) is 48.3 cm³/mol. The molecule has 0 rings (SSSR count). The SMILES string of the molecule is CC(C)CC(C)CC(O)CN. The Bertz CT molecular complexity index is 93.6. The summed E-state index contributed by atoms with van der Waals surface area (Å²) in [5.74, 6) is 1.31. The van der Waals surface area contributed by atoms with Crippen LogP contribution in [0.3, 0.4) is 0 Å². The van der Waals surface area contributed by atoms with Crippen LogP contribution in [0.4, 0.5) is 0 Å². The topological polar surface area (TPSA) is 46.2 Å². The van der Waals surface area contributed by atoms with Gasteiger partial charge in [0.05, 0.1) is 6.10 Å². The molecule has 0 aromatic carbocycles. The number of hydrogen-bond donors (Lipinski definition) is 2. The highest BCUT2D eigenvalue weighted by atomic mass is 16.3. The van der Waals surface area contributed by atoms with Crippen molar-refractivity contribution in [1.82, 2.24) is 0 Å². The third kappa shape index (κ3) is 6.32. The van der Waals surface area contributed by atoms with Gasteiger partial charge < -0.3 is 10.8 Å². The highest BCUT2D eigenvalue weighted by molar-refractivity contribution is 4.63. The number of aliphatic hydroxyl groups is 1. The summed E-state index contributed by atoms with van der Waals surface area (Å²) in [4.78, 5) is 0. The third-order valence-electron chi connectivity index (χ3n) is 1.82. The van der Waals surface area contributed by atoms with Gasteiger partial charge in [0.15, 0.2) is 0 Å². The lowest BCUT2D eigenvalue weighted by Gasteiger charge is -2.16. The maximum Gasteiger partial charge on any atom is 0.0665 e. The maximum absolute atomic E-state index is 9.22. The molecule has 0 aliphatic carbocycles. The quantitative estimate of drug-likeness (QED) is 0.636. The lowest BCUT2D eigenvalue weighted by molar-refractivity contribution is 0.147. The molecule has 0 amide bonds. The molecule has 0 aromatic heterocycles. The van der Waals surface area contributed by atoms with Gasteiger partial charge in [-0.25, -0.2) is 0 Å². The fourth-order valence-electron chi connectivity index (χ4n) is 1.46. The van der Waals surface area contributed by atoms with Crippen molar-refractivity contribution in [3.05, 3.63) is 0 Å². The minimum Gasteiger partial charge on any atom is -0.392 e. The lowest BCUT2D eigenvalue weighted by Crippen LogP contribution is -2.22. The molecule has 68 valence electrons. The van der Waals surface area contributed by atoms with Crippen molar-refractivity contribution < 1.29 is 5.11 Å². The molecule has 2 heteroatoms. The number of nitrogens with two attached hydrogens (primary N) is 1. The largest absolute Gasteiger partial charge is 0.392 e. The van der Waals surface area contributed by atoms with Crippen molar-refractivity contribution in [2.75, 3.05) is 6.54 Å². The molecule has 0 spiro atoms. The van der Waals surface area contributed by atoms with Crippen molar-refractivity contribution in [3.63, 3.8) is 0 Å². The van der Waals surface area contributed by atoms with Gasteiger partial charge in [0, 0.05) is 6.54 Å². The number of hydrogen-bond acceptors (Lipinski definition) is 2. The van der Waals surface area contributed by atoms with Gasteiger partial charge in [-0.2, -0.15) is 0 Å². The molecule has 0 aliphatic heterocycles. The van der Waals surface area contributed by atoms with Crippen LogP contribution in [0.1, 0.15) is 33.6 Å². The Morgan fingerprint density at radius 2 is 1.73 bits per heavy atom. The third-order valence-corrected chi connectivity index (χ3v) is 1.82. The second-order valence-electron chi connectivity index (χ2n) is 3.86. The summed E-state index contributed by atoms with van der Waals surface area (Å²) in [7, 11) is 0. The summed E-state index contributed by atoms with van der Waals surface area (Å²) in [6.45, 7) is 6.96. The minimum atomic E-state index is -0.302. The summed E-state index contributed by atoms with van der Waals surface area (Å²) >= 11 is 0. The van der Waals surface area contributed by atoms with Gasteiger partial charge in [-0.05, 0) is 24.7 Å². The van der Waals surface area contributed by atoms with Crippen LogP contribution >= 0.6 is 0 Å². The highest BCUT2D eigenvalue weighted by Crippen LogP contribution is 2.15. The second kappa shape index (κ2) is 5.56. The van der Waals surface area contributed by atoms with Gasteiger partial charge in [-0.1, -0.05) is 20.8 Å². The fraction of sp³-hybridized carbons (Fsp3) is 1.00. The molecule has 0 saturated carbocycles. The van der Waals surface area contributed by atoms with Crippen molar-refractivity contribution >= 4 is 0 Å². The first kappa shape index (κ1) is 10.9. The van der Waals surface area contributed by atoms with Crippen LogP contribution in [0.5, 0.6) is 0 Å². The minimum absolute atomic E-state index is 0.302. The molecular formula is C9H21NO. The van der Waals surface area contributed by atoms with Gasteiger partial charge >= 0.3 is 0 Å². The molecule has 0 radical (unpaired) electrons. The Morgan fingerprint density at radius 1 is 1.18 bits per heavy atom. The van der Waals surface area contributed by atoms with Crippen molar-refractivity contribution in [2.24, 2.45) is 17.6 Å². The van der Waals surface area contributed by atoms with Crippen LogP contribution in [0, 0.1) is 11.8 Å². The van der Waals surface area contributed by atoms with Crippen LogP contribution < -0.4 is 5.73 Å². The predicted octanol–water partition coefficient (Wildman–Crippen LogP) is 1.38. The van der Waals surface area contributed by atoms with Gasteiger partial charge in [0.2, 0.25) is 0 Å². The van der Waals surface area contributed by atoms with E-state index in [1.54, 1.807) is 0 Å². The average molecular weight is 159 g/mol. The second-order valence-corrected chi connectivity index (χ2v) is 3.86. The zero-order valence-electron chi connectivity index (χ0n) is 7.88. The Kier molecular flexibility index (Phi) is 5.51. The van der Waals surface area contributed by atoms with E-state index in [9.17, 15) is 5.11 Å². The molecule has 11 heavy (non-hydrogen) atoms. The molecule has 2 nitrogen and oxygen atoms in total. The monoisotopic (exact) mass is 159 g/mol. The first-order valence-electron chi connectivity index (χ1n) is 4.44. The average Bonchev–Trinajstić information content (AvgIpc) is 1.85. The zero-order valence-corrected chi connectivity index (χ0v) is 7.88.